The average molecular weight is 451 g/mol. The third kappa shape index (κ3) is 5.50. The van der Waals surface area contributed by atoms with E-state index in [-0.39, 0.29) is 12.6 Å². The van der Waals surface area contributed by atoms with E-state index in [1.54, 1.807) is 12.1 Å². The van der Waals surface area contributed by atoms with E-state index in [1.807, 2.05) is 19.1 Å². The van der Waals surface area contributed by atoms with Crippen molar-refractivity contribution in [3.63, 3.8) is 0 Å². The highest BCUT2D eigenvalue weighted by atomic mass is 127. The van der Waals surface area contributed by atoms with Crippen LogP contribution in [0.3, 0.4) is 0 Å². The molecule has 1 heterocycles. The summed E-state index contributed by atoms with van der Waals surface area (Å²) in [6.45, 7) is 2.20. The summed E-state index contributed by atoms with van der Waals surface area (Å²) in [5.74, 6) is -0.378. The number of anilines is 2. The van der Waals surface area contributed by atoms with Gasteiger partial charge in [0, 0.05) is 15.5 Å². The van der Waals surface area contributed by atoms with Crippen molar-refractivity contribution < 1.29 is 17.9 Å². The molecule has 0 unspecified atom stereocenters. The van der Waals surface area contributed by atoms with Gasteiger partial charge in [0.15, 0.2) is 0 Å². The molecule has 1 N–H and O–H groups in total. The Balaban J connectivity index is 2.19. The van der Waals surface area contributed by atoms with E-state index in [2.05, 4.69) is 37.9 Å². The molecule has 0 saturated heterocycles. The van der Waals surface area contributed by atoms with Crippen molar-refractivity contribution in [2.24, 2.45) is 0 Å². The molecule has 0 aliphatic carbocycles. The quantitative estimate of drug-likeness (QED) is 0.452. The van der Waals surface area contributed by atoms with E-state index in [9.17, 15) is 13.2 Å². The van der Waals surface area contributed by atoms with Gasteiger partial charge in [-0.25, -0.2) is 4.98 Å². The molecule has 0 atom stereocenters. The Morgan fingerprint density at radius 1 is 1.17 bits per heavy atom. The van der Waals surface area contributed by atoms with Gasteiger partial charge in [-0.1, -0.05) is 19.8 Å². The largest absolute Gasteiger partial charge is 0.477 e. The van der Waals surface area contributed by atoms with E-state index in [0.29, 0.717) is 12.1 Å². The topological polar surface area (TPSA) is 47.0 Å². The predicted octanol–water partition coefficient (Wildman–Crippen LogP) is 5.41. The van der Waals surface area contributed by atoms with Crippen molar-refractivity contribution in [1.82, 2.24) is 9.97 Å². The average Bonchev–Trinajstić information content (AvgIpc) is 2.53. The summed E-state index contributed by atoms with van der Waals surface area (Å²) < 4.78 is 45.4. The monoisotopic (exact) mass is 451 g/mol. The molecular weight excluding hydrogens is 434 g/mol. The van der Waals surface area contributed by atoms with Crippen LogP contribution in [0.1, 0.15) is 31.7 Å². The number of alkyl halides is 3. The smallest absolute Gasteiger partial charge is 0.423 e. The molecule has 0 aliphatic rings. The Labute approximate surface area is 152 Å². The van der Waals surface area contributed by atoms with Gasteiger partial charge in [0.05, 0.1) is 6.61 Å². The molecule has 0 fully saturated rings. The SMILES string of the molecule is CCCCCOc1nc(Nc2ccc(I)cc2)ncc1C(F)(F)F. The third-order valence-electron chi connectivity index (χ3n) is 3.15. The van der Waals surface area contributed by atoms with Crippen LogP contribution >= 0.6 is 22.6 Å². The fraction of sp³-hybridized carbons (Fsp3) is 0.375. The fourth-order valence-electron chi connectivity index (χ4n) is 1.91. The van der Waals surface area contributed by atoms with Crippen LogP contribution in [0, 0.1) is 3.57 Å². The summed E-state index contributed by atoms with van der Waals surface area (Å²) in [7, 11) is 0. The highest BCUT2D eigenvalue weighted by Crippen LogP contribution is 2.35. The van der Waals surface area contributed by atoms with Gasteiger partial charge in [0.1, 0.15) is 5.56 Å². The van der Waals surface area contributed by atoms with Gasteiger partial charge in [-0.15, -0.1) is 0 Å². The number of halogens is 4. The normalized spacial score (nSPS) is 11.4. The zero-order valence-corrected chi connectivity index (χ0v) is 15.2. The molecule has 0 spiro atoms. The number of benzene rings is 1. The molecule has 0 radical (unpaired) electrons. The van der Waals surface area contributed by atoms with Crippen LogP contribution in [-0.4, -0.2) is 16.6 Å². The number of rotatable bonds is 7. The Morgan fingerprint density at radius 2 is 1.88 bits per heavy atom. The molecule has 0 aliphatic heterocycles. The van der Waals surface area contributed by atoms with Crippen molar-refractivity contribution in [2.45, 2.75) is 32.4 Å². The van der Waals surface area contributed by atoms with Crippen LogP contribution < -0.4 is 10.1 Å². The summed E-state index contributed by atoms with van der Waals surface area (Å²) in [5, 5.41) is 2.88. The van der Waals surface area contributed by atoms with E-state index in [0.717, 1.165) is 22.6 Å². The minimum Gasteiger partial charge on any atom is -0.477 e. The molecule has 0 amide bonds. The van der Waals surface area contributed by atoms with Crippen molar-refractivity contribution in [1.29, 1.82) is 0 Å². The molecule has 24 heavy (non-hydrogen) atoms. The van der Waals surface area contributed by atoms with Crippen molar-refractivity contribution in [3.8, 4) is 5.88 Å². The Bertz CT molecular complexity index is 663. The van der Waals surface area contributed by atoms with Crippen molar-refractivity contribution in [2.75, 3.05) is 11.9 Å². The standard InChI is InChI=1S/C16H17F3IN3O/c1-2-3-4-9-24-14-13(16(17,18)19)10-21-15(23-14)22-12-7-5-11(20)6-8-12/h5-8,10H,2-4,9H2,1H3,(H,21,22,23). The molecule has 1 aromatic carbocycles. The number of aromatic nitrogens is 2. The Kier molecular flexibility index (Phi) is 6.64. The van der Waals surface area contributed by atoms with E-state index < -0.39 is 17.6 Å². The highest BCUT2D eigenvalue weighted by Gasteiger charge is 2.36. The minimum absolute atomic E-state index is 0.0645. The van der Waals surface area contributed by atoms with E-state index in [4.69, 9.17) is 4.74 Å². The maximum atomic E-state index is 13.0. The van der Waals surface area contributed by atoms with Gasteiger partial charge in [-0.3, -0.25) is 0 Å². The molecular formula is C16H17F3IN3O. The molecule has 8 heteroatoms. The Morgan fingerprint density at radius 3 is 2.50 bits per heavy atom. The van der Waals surface area contributed by atoms with Gasteiger partial charge in [0.25, 0.3) is 0 Å². The zero-order chi connectivity index (χ0) is 17.6. The second-order valence-electron chi connectivity index (χ2n) is 5.10. The maximum Gasteiger partial charge on any atom is 0.423 e. The lowest BCUT2D eigenvalue weighted by atomic mass is 10.3. The first-order valence-corrected chi connectivity index (χ1v) is 8.57. The first-order chi connectivity index (χ1) is 11.4. The second kappa shape index (κ2) is 8.50. The summed E-state index contributed by atoms with van der Waals surface area (Å²) in [4.78, 5) is 7.63. The van der Waals surface area contributed by atoms with Crippen LogP contribution in [-0.2, 0) is 6.18 Å². The summed E-state index contributed by atoms with van der Waals surface area (Å²) in [6.07, 6.45) is -1.28. The second-order valence-corrected chi connectivity index (χ2v) is 6.34. The number of hydrogen-bond donors (Lipinski definition) is 1. The fourth-order valence-corrected chi connectivity index (χ4v) is 2.27. The molecule has 0 saturated carbocycles. The van der Waals surface area contributed by atoms with Gasteiger partial charge < -0.3 is 10.1 Å². The van der Waals surface area contributed by atoms with Gasteiger partial charge in [-0.2, -0.15) is 18.2 Å². The molecule has 1 aromatic heterocycles. The number of nitrogens with one attached hydrogen (secondary N) is 1. The van der Waals surface area contributed by atoms with Crippen molar-refractivity contribution in [3.05, 3.63) is 39.6 Å². The number of nitrogens with zero attached hydrogens (tertiary/aromatic N) is 2. The Hall–Kier alpha value is -1.58. The van der Waals surface area contributed by atoms with E-state index in [1.165, 1.54) is 0 Å². The lowest BCUT2D eigenvalue weighted by molar-refractivity contribution is -0.139. The molecule has 2 rings (SSSR count). The summed E-state index contributed by atoms with van der Waals surface area (Å²) in [6, 6.07) is 7.33. The van der Waals surface area contributed by atoms with Crippen LogP contribution in [0.15, 0.2) is 30.5 Å². The first-order valence-electron chi connectivity index (χ1n) is 7.49. The lowest BCUT2D eigenvalue weighted by Gasteiger charge is -2.14. The third-order valence-corrected chi connectivity index (χ3v) is 3.87. The summed E-state index contributed by atoms with van der Waals surface area (Å²) in [5.41, 5.74) is -0.278. The van der Waals surface area contributed by atoms with Crippen LogP contribution in [0.4, 0.5) is 24.8 Å². The van der Waals surface area contributed by atoms with Gasteiger partial charge in [0.2, 0.25) is 11.8 Å². The van der Waals surface area contributed by atoms with Gasteiger partial charge >= 0.3 is 6.18 Å². The van der Waals surface area contributed by atoms with Crippen LogP contribution in [0.5, 0.6) is 5.88 Å². The number of unbranched alkanes of at least 4 members (excludes halogenated alkanes) is 2. The van der Waals surface area contributed by atoms with Crippen molar-refractivity contribution >= 4 is 34.2 Å². The summed E-state index contributed by atoms with van der Waals surface area (Å²) >= 11 is 2.16. The highest BCUT2D eigenvalue weighted by molar-refractivity contribution is 14.1. The molecule has 2 aromatic rings. The van der Waals surface area contributed by atoms with Gasteiger partial charge in [-0.05, 0) is 53.3 Å². The molecule has 130 valence electrons. The van der Waals surface area contributed by atoms with E-state index >= 15 is 0 Å². The first kappa shape index (κ1) is 18.8. The maximum absolute atomic E-state index is 13.0. The zero-order valence-electron chi connectivity index (χ0n) is 13.0. The number of ether oxygens (including phenoxy) is 1. The molecule has 4 nitrogen and oxygen atoms in total. The van der Waals surface area contributed by atoms with Crippen LogP contribution in [0.2, 0.25) is 0 Å². The van der Waals surface area contributed by atoms with Crippen LogP contribution in [0.25, 0.3) is 0 Å². The number of hydrogen-bond acceptors (Lipinski definition) is 4. The predicted molar refractivity (Wildman–Crippen MR) is 94.5 cm³/mol. The lowest BCUT2D eigenvalue weighted by Crippen LogP contribution is -2.13. The molecule has 0 bridgehead atoms. The minimum atomic E-state index is -4.55.